The van der Waals surface area contributed by atoms with Crippen molar-refractivity contribution in [3.63, 3.8) is 0 Å². The van der Waals surface area contributed by atoms with Crippen LogP contribution >= 0.6 is 0 Å². The Balaban J connectivity index is 2.32. The molecule has 2 nitrogen and oxygen atoms in total. The van der Waals surface area contributed by atoms with Crippen molar-refractivity contribution in [3.8, 4) is 0 Å². The van der Waals surface area contributed by atoms with Gasteiger partial charge in [0.15, 0.2) is 0 Å². The Kier molecular flexibility index (Phi) is 3.34. The third kappa shape index (κ3) is 2.46. The molecule has 1 unspecified atom stereocenters. The molecule has 1 aliphatic heterocycles. The second-order valence-electron chi connectivity index (χ2n) is 3.64. The number of hydrogen-bond donors (Lipinski definition) is 1. The second kappa shape index (κ2) is 4.07. The van der Waals surface area contributed by atoms with Crippen molar-refractivity contribution >= 4 is 0 Å². The normalized spacial score (nSPS) is 28.9. The summed E-state index contributed by atoms with van der Waals surface area (Å²) in [5.74, 6) is 0.318. The van der Waals surface area contributed by atoms with Crippen molar-refractivity contribution in [3.05, 3.63) is 0 Å². The monoisotopic (exact) mass is 158 g/mol. The van der Waals surface area contributed by atoms with Gasteiger partial charge in [0.25, 0.3) is 0 Å². The highest BCUT2D eigenvalue weighted by molar-refractivity contribution is 4.74. The number of aliphatic hydroxyl groups excluding tert-OH is 1. The quantitative estimate of drug-likeness (QED) is 0.661. The molecule has 0 amide bonds. The van der Waals surface area contributed by atoms with Crippen LogP contribution in [0.5, 0.6) is 0 Å². The molecular weight excluding hydrogens is 140 g/mol. The number of hydrogen-bond acceptors (Lipinski definition) is 2. The van der Waals surface area contributed by atoms with Gasteiger partial charge >= 0.3 is 0 Å². The molecule has 0 bridgehead atoms. The SMILES string of the molecule is CC(C)[C@H](O)C1CCCCO1. The zero-order valence-corrected chi connectivity index (χ0v) is 7.42. The van der Waals surface area contributed by atoms with Crippen molar-refractivity contribution in [1.29, 1.82) is 0 Å². The fourth-order valence-corrected chi connectivity index (χ4v) is 1.46. The Labute approximate surface area is 68.6 Å². The summed E-state index contributed by atoms with van der Waals surface area (Å²) in [6.07, 6.45) is 3.22. The lowest BCUT2D eigenvalue weighted by Gasteiger charge is -2.29. The first-order valence-electron chi connectivity index (χ1n) is 4.51. The molecule has 0 aliphatic carbocycles. The minimum absolute atomic E-state index is 0.101. The van der Waals surface area contributed by atoms with E-state index in [-0.39, 0.29) is 12.2 Å². The largest absolute Gasteiger partial charge is 0.390 e. The highest BCUT2D eigenvalue weighted by Gasteiger charge is 2.24. The maximum absolute atomic E-state index is 9.63. The first kappa shape index (κ1) is 9.01. The van der Waals surface area contributed by atoms with E-state index in [1.54, 1.807) is 0 Å². The van der Waals surface area contributed by atoms with Gasteiger partial charge in [0.05, 0.1) is 12.2 Å². The lowest BCUT2D eigenvalue weighted by atomic mass is 9.96. The number of ether oxygens (including phenoxy) is 1. The molecule has 66 valence electrons. The van der Waals surface area contributed by atoms with Gasteiger partial charge in [0.2, 0.25) is 0 Å². The van der Waals surface area contributed by atoms with Gasteiger partial charge in [-0.05, 0) is 25.2 Å². The Morgan fingerprint density at radius 3 is 2.55 bits per heavy atom. The van der Waals surface area contributed by atoms with Gasteiger partial charge in [-0.3, -0.25) is 0 Å². The summed E-state index contributed by atoms with van der Waals surface area (Å²) in [7, 11) is 0. The van der Waals surface area contributed by atoms with E-state index >= 15 is 0 Å². The van der Waals surface area contributed by atoms with Crippen LogP contribution in [-0.4, -0.2) is 23.9 Å². The average molecular weight is 158 g/mol. The van der Waals surface area contributed by atoms with E-state index < -0.39 is 0 Å². The van der Waals surface area contributed by atoms with Crippen molar-refractivity contribution < 1.29 is 9.84 Å². The Bertz CT molecular complexity index is 106. The minimum atomic E-state index is -0.268. The fourth-order valence-electron chi connectivity index (χ4n) is 1.46. The maximum Gasteiger partial charge on any atom is 0.0836 e. The van der Waals surface area contributed by atoms with Gasteiger partial charge in [-0.2, -0.15) is 0 Å². The molecule has 1 N–H and O–H groups in total. The molecule has 2 atom stereocenters. The predicted molar refractivity (Wildman–Crippen MR) is 44.4 cm³/mol. The van der Waals surface area contributed by atoms with Crippen LogP contribution in [0.2, 0.25) is 0 Å². The molecule has 1 heterocycles. The van der Waals surface area contributed by atoms with Crippen LogP contribution in [0.4, 0.5) is 0 Å². The second-order valence-corrected chi connectivity index (χ2v) is 3.64. The molecule has 1 saturated heterocycles. The lowest BCUT2D eigenvalue weighted by molar-refractivity contribution is -0.0777. The van der Waals surface area contributed by atoms with Crippen LogP contribution in [0.15, 0.2) is 0 Å². The summed E-state index contributed by atoms with van der Waals surface area (Å²) in [5, 5.41) is 9.63. The van der Waals surface area contributed by atoms with E-state index in [0.717, 1.165) is 19.4 Å². The van der Waals surface area contributed by atoms with E-state index in [9.17, 15) is 5.11 Å². The van der Waals surface area contributed by atoms with E-state index in [2.05, 4.69) is 0 Å². The molecular formula is C9H18O2. The summed E-state index contributed by atoms with van der Waals surface area (Å²) >= 11 is 0. The molecule has 1 rings (SSSR count). The Hall–Kier alpha value is -0.0800. The molecule has 1 fully saturated rings. The fraction of sp³-hybridized carbons (Fsp3) is 1.00. The molecule has 0 aromatic heterocycles. The summed E-state index contributed by atoms with van der Waals surface area (Å²) < 4.78 is 5.45. The van der Waals surface area contributed by atoms with Crippen LogP contribution < -0.4 is 0 Å². The Morgan fingerprint density at radius 2 is 2.09 bits per heavy atom. The highest BCUT2D eigenvalue weighted by Crippen LogP contribution is 2.19. The summed E-state index contributed by atoms with van der Waals surface area (Å²) in [4.78, 5) is 0. The molecule has 0 spiro atoms. The summed E-state index contributed by atoms with van der Waals surface area (Å²) in [6, 6.07) is 0. The van der Waals surface area contributed by atoms with E-state index in [1.807, 2.05) is 13.8 Å². The topological polar surface area (TPSA) is 29.5 Å². The molecule has 0 aromatic rings. The van der Waals surface area contributed by atoms with Crippen LogP contribution in [0.1, 0.15) is 33.1 Å². The third-order valence-electron chi connectivity index (χ3n) is 2.28. The molecule has 11 heavy (non-hydrogen) atoms. The van der Waals surface area contributed by atoms with E-state index in [0.29, 0.717) is 5.92 Å². The number of aliphatic hydroxyl groups is 1. The average Bonchev–Trinajstić information content (AvgIpc) is 2.05. The Morgan fingerprint density at radius 1 is 1.36 bits per heavy atom. The minimum Gasteiger partial charge on any atom is -0.390 e. The van der Waals surface area contributed by atoms with Crippen LogP contribution in [0.3, 0.4) is 0 Å². The highest BCUT2D eigenvalue weighted by atomic mass is 16.5. The standard InChI is InChI=1S/C9H18O2/c1-7(2)9(10)8-5-3-4-6-11-8/h7-10H,3-6H2,1-2H3/t8?,9-/m0/s1. The van der Waals surface area contributed by atoms with Gasteiger partial charge in [0.1, 0.15) is 0 Å². The lowest BCUT2D eigenvalue weighted by Crippen LogP contribution is -2.35. The van der Waals surface area contributed by atoms with Crippen molar-refractivity contribution in [2.24, 2.45) is 5.92 Å². The molecule has 0 radical (unpaired) electrons. The van der Waals surface area contributed by atoms with Gasteiger partial charge in [-0.25, -0.2) is 0 Å². The third-order valence-corrected chi connectivity index (χ3v) is 2.28. The van der Waals surface area contributed by atoms with Gasteiger partial charge < -0.3 is 9.84 Å². The maximum atomic E-state index is 9.63. The smallest absolute Gasteiger partial charge is 0.0836 e. The molecule has 2 heteroatoms. The first-order chi connectivity index (χ1) is 5.22. The van der Waals surface area contributed by atoms with Crippen molar-refractivity contribution in [2.45, 2.75) is 45.3 Å². The molecule has 1 aliphatic rings. The first-order valence-corrected chi connectivity index (χ1v) is 4.51. The summed E-state index contributed by atoms with van der Waals surface area (Å²) in [6.45, 7) is 4.89. The summed E-state index contributed by atoms with van der Waals surface area (Å²) in [5.41, 5.74) is 0. The number of rotatable bonds is 2. The van der Waals surface area contributed by atoms with Crippen LogP contribution in [0.25, 0.3) is 0 Å². The van der Waals surface area contributed by atoms with Crippen LogP contribution in [0, 0.1) is 5.92 Å². The zero-order chi connectivity index (χ0) is 8.27. The van der Waals surface area contributed by atoms with Gasteiger partial charge in [-0.1, -0.05) is 13.8 Å². The predicted octanol–water partition coefficient (Wildman–Crippen LogP) is 1.57. The van der Waals surface area contributed by atoms with Gasteiger partial charge in [-0.15, -0.1) is 0 Å². The zero-order valence-electron chi connectivity index (χ0n) is 7.42. The van der Waals surface area contributed by atoms with E-state index in [1.165, 1.54) is 6.42 Å². The van der Waals surface area contributed by atoms with Crippen LogP contribution in [-0.2, 0) is 4.74 Å². The molecule has 0 saturated carbocycles. The van der Waals surface area contributed by atoms with Crippen molar-refractivity contribution in [1.82, 2.24) is 0 Å². The van der Waals surface area contributed by atoms with Crippen molar-refractivity contribution in [2.75, 3.05) is 6.61 Å². The van der Waals surface area contributed by atoms with Gasteiger partial charge in [0, 0.05) is 6.61 Å². The molecule has 0 aromatic carbocycles. The van der Waals surface area contributed by atoms with E-state index in [4.69, 9.17) is 4.74 Å².